The van der Waals surface area contributed by atoms with Crippen molar-refractivity contribution in [1.82, 2.24) is 14.8 Å². The maximum Gasteiger partial charge on any atom is 0.258 e. The van der Waals surface area contributed by atoms with Gasteiger partial charge in [0.05, 0.1) is 0 Å². The number of amides is 1. The molecule has 1 aliphatic heterocycles. The molecule has 5 rings (SSSR count). The average Bonchev–Trinajstić information content (AvgIpc) is 3.22. The van der Waals surface area contributed by atoms with Crippen LogP contribution in [0.3, 0.4) is 0 Å². The highest BCUT2D eigenvalue weighted by Crippen LogP contribution is 2.34. The molecule has 6 nitrogen and oxygen atoms in total. The average molecular weight is 480 g/mol. The fraction of sp³-hybridized carbons (Fsp3) is 0.0417. The molecule has 1 aromatic heterocycles. The van der Waals surface area contributed by atoms with Gasteiger partial charge in [-0.25, -0.2) is 9.07 Å². The predicted molar refractivity (Wildman–Crippen MR) is 127 cm³/mol. The Labute approximate surface area is 198 Å². The van der Waals surface area contributed by atoms with Crippen molar-refractivity contribution in [2.45, 2.75) is 6.04 Å². The minimum atomic E-state index is -0.438. The molecule has 0 saturated heterocycles. The molecule has 1 atom stereocenters. The number of hydrogen-bond acceptors (Lipinski definition) is 4. The Morgan fingerprint density at radius 1 is 0.939 bits per heavy atom. The van der Waals surface area contributed by atoms with E-state index in [1.54, 1.807) is 4.68 Å². The van der Waals surface area contributed by atoms with Crippen molar-refractivity contribution in [1.29, 1.82) is 0 Å². The molecule has 0 aliphatic carbocycles. The van der Waals surface area contributed by atoms with Gasteiger partial charge >= 0.3 is 0 Å². The third-order valence-corrected chi connectivity index (χ3v) is 5.67. The number of rotatable bonds is 4. The summed E-state index contributed by atoms with van der Waals surface area (Å²) in [7, 11) is 0. The van der Waals surface area contributed by atoms with Crippen LogP contribution >= 0.6 is 23.2 Å². The maximum absolute atomic E-state index is 13.2. The monoisotopic (exact) mass is 479 g/mol. The third kappa shape index (κ3) is 4.46. The third-order valence-electron chi connectivity index (χ3n) is 5.16. The smallest absolute Gasteiger partial charge is 0.258 e. The first kappa shape index (κ1) is 21.2. The number of nitrogens with zero attached hydrogens (tertiary/aromatic N) is 3. The van der Waals surface area contributed by atoms with Crippen molar-refractivity contribution in [2.75, 3.05) is 10.6 Å². The Morgan fingerprint density at radius 3 is 2.24 bits per heavy atom. The molecule has 164 valence electrons. The molecule has 2 N–H and O–H groups in total. The van der Waals surface area contributed by atoms with Crippen molar-refractivity contribution in [3.05, 3.63) is 111 Å². The van der Waals surface area contributed by atoms with Gasteiger partial charge in [-0.05, 0) is 65.7 Å². The van der Waals surface area contributed by atoms with Crippen molar-refractivity contribution in [2.24, 2.45) is 0 Å². The Bertz CT molecular complexity index is 1350. The van der Waals surface area contributed by atoms with E-state index in [-0.39, 0.29) is 12.0 Å². The zero-order valence-corrected chi connectivity index (χ0v) is 18.5. The van der Waals surface area contributed by atoms with E-state index in [4.69, 9.17) is 23.2 Å². The summed E-state index contributed by atoms with van der Waals surface area (Å²) in [5.41, 5.74) is 2.98. The van der Waals surface area contributed by atoms with E-state index in [0.29, 0.717) is 21.6 Å². The van der Waals surface area contributed by atoms with E-state index in [0.717, 1.165) is 16.8 Å². The lowest BCUT2D eigenvalue weighted by molar-refractivity contribution is 0.102. The zero-order chi connectivity index (χ0) is 22.9. The van der Waals surface area contributed by atoms with E-state index in [1.165, 1.54) is 24.3 Å². The van der Waals surface area contributed by atoms with Crippen molar-refractivity contribution < 1.29 is 9.18 Å². The topological polar surface area (TPSA) is 71.8 Å². The molecule has 0 bridgehead atoms. The molecule has 1 aliphatic rings. The summed E-state index contributed by atoms with van der Waals surface area (Å²) in [6, 6.07) is 19.8. The number of carbonyl (C=O) groups is 1. The lowest BCUT2D eigenvalue weighted by Crippen LogP contribution is -2.20. The van der Waals surface area contributed by atoms with Crippen LogP contribution < -0.4 is 10.6 Å². The van der Waals surface area contributed by atoms with Crippen LogP contribution in [0.25, 0.3) is 5.70 Å². The second-order valence-corrected chi connectivity index (χ2v) is 8.25. The van der Waals surface area contributed by atoms with Gasteiger partial charge in [0, 0.05) is 21.3 Å². The minimum absolute atomic E-state index is 0.122. The van der Waals surface area contributed by atoms with Crippen molar-refractivity contribution in [3.63, 3.8) is 0 Å². The van der Waals surface area contributed by atoms with Gasteiger partial charge in [-0.15, -0.1) is 5.10 Å². The van der Waals surface area contributed by atoms with E-state index in [9.17, 15) is 9.18 Å². The number of anilines is 2. The van der Waals surface area contributed by atoms with E-state index in [1.807, 2.05) is 54.6 Å². The number of halogens is 3. The van der Waals surface area contributed by atoms with Crippen LogP contribution in [0.5, 0.6) is 0 Å². The number of allylic oxidation sites excluding steroid dienone is 1. The van der Waals surface area contributed by atoms with Crippen LogP contribution in [-0.2, 0) is 0 Å². The molecule has 0 radical (unpaired) electrons. The maximum atomic E-state index is 13.2. The van der Waals surface area contributed by atoms with Gasteiger partial charge in [-0.3, -0.25) is 10.1 Å². The molecular weight excluding hydrogens is 464 g/mol. The number of aromatic nitrogens is 3. The van der Waals surface area contributed by atoms with Gasteiger partial charge in [-0.2, -0.15) is 4.98 Å². The number of fused-ring (bicyclic) bond motifs is 1. The second kappa shape index (κ2) is 8.69. The molecule has 0 spiro atoms. The van der Waals surface area contributed by atoms with Crippen LogP contribution in [0.2, 0.25) is 10.0 Å². The predicted octanol–water partition coefficient (Wildman–Crippen LogP) is 6.03. The van der Waals surface area contributed by atoms with Gasteiger partial charge < -0.3 is 5.32 Å². The molecule has 1 amide bonds. The highest BCUT2D eigenvalue weighted by Gasteiger charge is 2.26. The van der Waals surface area contributed by atoms with Crippen LogP contribution in [-0.4, -0.2) is 20.7 Å². The molecule has 33 heavy (non-hydrogen) atoms. The minimum Gasteiger partial charge on any atom is -0.324 e. The first-order valence-electron chi connectivity index (χ1n) is 10.00. The number of hydrogen-bond donors (Lipinski definition) is 2. The van der Waals surface area contributed by atoms with E-state index in [2.05, 4.69) is 20.7 Å². The van der Waals surface area contributed by atoms with Crippen LogP contribution in [0.1, 0.15) is 27.5 Å². The zero-order valence-electron chi connectivity index (χ0n) is 17.0. The molecule has 2 heterocycles. The van der Waals surface area contributed by atoms with Gasteiger partial charge in [0.2, 0.25) is 5.95 Å². The van der Waals surface area contributed by atoms with Crippen molar-refractivity contribution in [3.8, 4) is 0 Å². The molecule has 0 fully saturated rings. The summed E-state index contributed by atoms with van der Waals surface area (Å²) in [5, 5.41) is 11.7. The molecule has 4 aromatic rings. The highest BCUT2D eigenvalue weighted by molar-refractivity contribution is 6.30. The van der Waals surface area contributed by atoms with Gasteiger partial charge in [0.1, 0.15) is 11.9 Å². The number of carbonyl (C=O) groups excluding carboxylic acids is 1. The summed E-state index contributed by atoms with van der Waals surface area (Å²) in [5.74, 6) is -0.279. The fourth-order valence-electron chi connectivity index (χ4n) is 3.52. The lowest BCUT2D eigenvalue weighted by Gasteiger charge is -2.24. The van der Waals surface area contributed by atoms with E-state index < -0.39 is 11.7 Å². The van der Waals surface area contributed by atoms with Gasteiger partial charge in [0.25, 0.3) is 11.9 Å². The van der Waals surface area contributed by atoms with Crippen LogP contribution in [0.4, 0.5) is 16.3 Å². The Hall–Kier alpha value is -3.68. The number of nitrogens with one attached hydrogen (secondary N) is 2. The Kier molecular flexibility index (Phi) is 5.58. The standard InChI is InChI=1S/C24H16Cl2FN5O/c25-17-7-1-14(2-8-17)20-13-21(15-3-9-18(26)10-4-15)32-24(28-20)30-23(31-32)29-22(33)16-5-11-19(27)12-6-16/h1-13,21H,(H2,28,29,30,31,33)/t21-/m0/s1. The quantitative estimate of drug-likeness (QED) is 0.374. The Balaban J connectivity index is 1.50. The SMILES string of the molecule is O=C(Nc1nc2n(n1)[C@H](c1ccc(Cl)cc1)C=C(c1ccc(Cl)cc1)N2)c1ccc(F)cc1. The molecule has 9 heteroatoms. The van der Waals surface area contributed by atoms with Gasteiger partial charge in [0.15, 0.2) is 0 Å². The van der Waals surface area contributed by atoms with Crippen molar-refractivity contribution >= 4 is 46.7 Å². The summed E-state index contributed by atoms with van der Waals surface area (Å²) in [4.78, 5) is 17.0. The first-order valence-corrected chi connectivity index (χ1v) is 10.8. The highest BCUT2D eigenvalue weighted by atomic mass is 35.5. The molecule has 0 unspecified atom stereocenters. The second-order valence-electron chi connectivity index (χ2n) is 7.37. The summed E-state index contributed by atoms with van der Waals surface area (Å²) < 4.78 is 14.9. The van der Waals surface area contributed by atoms with E-state index >= 15 is 0 Å². The fourth-order valence-corrected chi connectivity index (χ4v) is 3.77. The lowest BCUT2D eigenvalue weighted by atomic mass is 10.0. The summed E-state index contributed by atoms with van der Waals surface area (Å²) >= 11 is 12.1. The Morgan fingerprint density at radius 2 is 1.58 bits per heavy atom. The summed E-state index contributed by atoms with van der Waals surface area (Å²) in [6.45, 7) is 0. The van der Waals surface area contributed by atoms with Crippen LogP contribution in [0.15, 0.2) is 78.9 Å². The van der Waals surface area contributed by atoms with Crippen LogP contribution in [0, 0.1) is 5.82 Å². The molecule has 3 aromatic carbocycles. The first-order chi connectivity index (χ1) is 16.0. The molecule has 0 saturated carbocycles. The van der Waals surface area contributed by atoms with Gasteiger partial charge in [-0.1, -0.05) is 47.5 Å². The number of benzene rings is 3. The largest absolute Gasteiger partial charge is 0.324 e. The summed E-state index contributed by atoms with van der Waals surface area (Å²) in [6.07, 6.45) is 2.01. The molecular formula is C24H16Cl2FN5O. The normalized spacial score (nSPS) is 14.8.